The Hall–Kier alpha value is -1.37. The summed E-state index contributed by atoms with van der Waals surface area (Å²) in [6.07, 6.45) is 0. The summed E-state index contributed by atoms with van der Waals surface area (Å²) in [6.45, 7) is 0. The number of hydrogen-bond acceptors (Lipinski definition) is 6. The number of nitrogens with zero attached hydrogens (tertiary/aromatic N) is 1. The summed E-state index contributed by atoms with van der Waals surface area (Å²) in [7, 11) is -4.45. The lowest BCUT2D eigenvalue weighted by Crippen LogP contribution is -2.06. The summed E-state index contributed by atoms with van der Waals surface area (Å²) in [5, 5.41) is 10.3. The predicted molar refractivity (Wildman–Crippen MR) is 53.8 cm³/mol. The van der Waals surface area contributed by atoms with Crippen molar-refractivity contribution in [2.45, 2.75) is 4.90 Å². The fourth-order valence-corrected chi connectivity index (χ4v) is 2.35. The van der Waals surface area contributed by atoms with Crippen molar-refractivity contribution in [3.63, 3.8) is 0 Å². The van der Waals surface area contributed by atoms with Gasteiger partial charge in [0.25, 0.3) is 5.69 Å². The number of benzene rings is 1. The first-order valence-corrected chi connectivity index (χ1v) is 6.27. The van der Waals surface area contributed by atoms with Gasteiger partial charge in [0.15, 0.2) is 5.94 Å². The molecular weight excluding hydrogens is 257 g/mol. The molecule has 1 aromatic rings. The SMILES string of the molecule is O=POCS(=O)(=O)c1ccc([N+](=O)[O-])cc1. The van der Waals surface area contributed by atoms with Gasteiger partial charge >= 0.3 is 8.69 Å². The molecule has 9 heteroatoms. The average molecular weight is 263 g/mol. The molecule has 0 aromatic heterocycles. The number of non-ortho nitro benzene ring substituents is 1. The lowest BCUT2D eigenvalue weighted by molar-refractivity contribution is -0.384. The van der Waals surface area contributed by atoms with Crippen molar-refractivity contribution in [2.75, 3.05) is 5.94 Å². The minimum absolute atomic E-state index is 0.123. The molecule has 7 nitrogen and oxygen atoms in total. The third-order valence-corrected chi connectivity index (χ3v) is 3.49. The number of nitro benzene ring substituents is 1. The summed E-state index contributed by atoms with van der Waals surface area (Å²) in [5.41, 5.74) is -0.207. The molecule has 0 saturated carbocycles. The van der Waals surface area contributed by atoms with Gasteiger partial charge in [-0.05, 0) is 12.1 Å². The zero-order valence-corrected chi connectivity index (χ0v) is 9.48. The van der Waals surface area contributed by atoms with Crippen LogP contribution in [0.5, 0.6) is 0 Å². The lowest BCUT2D eigenvalue weighted by Gasteiger charge is -2.00. The maximum atomic E-state index is 11.4. The Balaban J connectivity index is 2.97. The molecule has 0 heterocycles. The van der Waals surface area contributed by atoms with Gasteiger partial charge in [-0.2, -0.15) is 0 Å². The van der Waals surface area contributed by atoms with Crippen LogP contribution in [0.1, 0.15) is 0 Å². The quantitative estimate of drug-likeness (QED) is 0.453. The first-order chi connectivity index (χ1) is 7.47. The van der Waals surface area contributed by atoms with Crippen LogP contribution in [0.15, 0.2) is 29.2 Å². The second kappa shape index (κ2) is 5.11. The second-order valence-electron chi connectivity index (χ2n) is 2.69. The molecular formula is C7H6NO6PS. The van der Waals surface area contributed by atoms with Gasteiger partial charge in [0.1, 0.15) is 0 Å². The van der Waals surface area contributed by atoms with Crippen LogP contribution in [-0.2, 0) is 18.9 Å². The standard InChI is InChI=1S/C7H6NO6PS/c9-8(10)6-1-3-7(4-2-6)16(12,13)5-14-15-11/h1-4H,5H2. The minimum Gasteiger partial charge on any atom is -0.278 e. The molecule has 0 bridgehead atoms. The molecule has 1 aromatic carbocycles. The summed E-state index contributed by atoms with van der Waals surface area (Å²) in [6, 6.07) is 4.33. The molecule has 0 aliphatic rings. The van der Waals surface area contributed by atoms with Crippen molar-refractivity contribution in [3.8, 4) is 0 Å². The van der Waals surface area contributed by atoms with Crippen molar-refractivity contribution in [2.24, 2.45) is 0 Å². The highest BCUT2D eigenvalue weighted by Gasteiger charge is 2.16. The predicted octanol–water partition coefficient (Wildman–Crippen LogP) is 1.55. The molecule has 0 saturated heterocycles. The fourth-order valence-electron chi connectivity index (χ4n) is 0.934. The third kappa shape index (κ3) is 3.06. The van der Waals surface area contributed by atoms with Gasteiger partial charge in [0.2, 0.25) is 9.84 Å². The van der Waals surface area contributed by atoms with Crippen molar-refractivity contribution in [1.29, 1.82) is 0 Å². The van der Waals surface area contributed by atoms with Crippen LogP contribution in [0.2, 0.25) is 0 Å². The van der Waals surface area contributed by atoms with E-state index in [0.717, 1.165) is 24.3 Å². The number of rotatable bonds is 5. The first kappa shape index (κ1) is 12.7. The average Bonchev–Trinajstić information content (AvgIpc) is 2.26. The molecule has 0 spiro atoms. The zero-order chi connectivity index (χ0) is 12.2. The van der Waals surface area contributed by atoms with Crippen molar-refractivity contribution < 1.29 is 22.4 Å². The van der Waals surface area contributed by atoms with Gasteiger partial charge in [0.05, 0.1) is 9.82 Å². The minimum atomic E-state index is -3.72. The normalized spacial score (nSPS) is 11.5. The van der Waals surface area contributed by atoms with Crippen LogP contribution in [-0.4, -0.2) is 19.3 Å². The Morgan fingerprint density at radius 3 is 2.31 bits per heavy atom. The summed E-state index contributed by atoms with van der Waals surface area (Å²) >= 11 is 0. The molecule has 1 rings (SSSR count). The van der Waals surface area contributed by atoms with E-state index in [1.54, 1.807) is 0 Å². The third-order valence-electron chi connectivity index (χ3n) is 1.67. The maximum absolute atomic E-state index is 11.4. The Morgan fingerprint density at radius 1 is 1.31 bits per heavy atom. The number of hydrogen-bond donors (Lipinski definition) is 0. The molecule has 0 aliphatic carbocycles. The zero-order valence-electron chi connectivity index (χ0n) is 7.77. The summed E-state index contributed by atoms with van der Waals surface area (Å²) in [4.78, 5) is 9.56. The molecule has 0 amide bonds. The van der Waals surface area contributed by atoms with E-state index < -0.39 is 29.4 Å². The highest BCUT2D eigenvalue weighted by molar-refractivity contribution is 7.91. The Morgan fingerprint density at radius 2 is 1.88 bits per heavy atom. The van der Waals surface area contributed by atoms with E-state index in [9.17, 15) is 23.1 Å². The van der Waals surface area contributed by atoms with Gasteiger partial charge in [-0.1, -0.05) is 0 Å². The topological polar surface area (TPSA) is 104 Å². The van der Waals surface area contributed by atoms with Gasteiger partial charge in [0, 0.05) is 12.1 Å². The number of sulfone groups is 1. The molecule has 0 N–H and O–H groups in total. The highest BCUT2D eigenvalue weighted by Crippen LogP contribution is 2.17. The van der Waals surface area contributed by atoms with Crippen LogP contribution in [0.4, 0.5) is 5.69 Å². The van der Waals surface area contributed by atoms with E-state index in [2.05, 4.69) is 4.52 Å². The monoisotopic (exact) mass is 263 g/mol. The van der Waals surface area contributed by atoms with E-state index in [1.165, 1.54) is 0 Å². The first-order valence-electron chi connectivity index (χ1n) is 3.89. The summed E-state index contributed by atoms with van der Waals surface area (Å²) < 4.78 is 37.0. The fraction of sp³-hybridized carbons (Fsp3) is 0.143. The van der Waals surface area contributed by atoms with Crippen LogP contribution in [0, 0.1) is 10.1 Å². The van der Waals surface area contributed by atoms with Crippen LogP contribution < -0.4 is 0 Å². The Labute approximate surface area is 92.4 Å². The van der Waals surface area contributed by atoms with E-state index >= 15 is 0 Å². The molecule has 0 fully saturated rings. The van der Waals surface area contributed by atoms with Gasteiger partial charge in [-0.25, -0.2) is 13.0 Å². The largest absolute Gasteiger partial charge is 0.328 e. The van der Waals surface area contributed by atoms with E-state index in [0.29, 0.717) is 0 Å². The van der Waals surface area contributed by atoms with Crippen molar-refractivity contribution in [1.82, 2.24) is 0 Å². The van der Waals surface area contributed by atoms with Crippen LogP contribution >= 0.6 is 8.69 Å². The number of nitro groups is 1. The van der Waals surface area contributed by atoms with Crippen LogP contribution in [0.3, 0.4) is 0 Å². The second-order valence-corrected chi connectivity index (χ2v) is 5.03. The molecule has 86 valence electrons. The van der Waals surface area contributed by atoms with Crippen molar-refractivity contribution >= 4 is 24.2 Å². The van der Waals surface area contributed by atoms with E-state index in [4.69, 9.17) is 0 Å². The van der Waals surface area contributed by atoms with Gasteiger partial charge in [-0.3, -0.25) is 14.6 Å². The van der Waals surface area contributed by atoms with Crippen LogP contribution in [0.25, 0.3) is 0 Å². The van der Waals surface area contributed by atoms with Gasteiger partial charge in [-0.15, -0.1) is 0 Å². The summed E-state index contributed by atoms with van der Waals surface area (Å²) in [5.74, 6) is -0.740. The Bertz CT molecular complexity index is 496. The maximum Gasteiger partial charge on any atom is 0.328 e. The lowest BCUT2D eigenvalue weighted by atomic mass is 10.3. The molecule has 0 radical (unpaired) electrons. The van der Waals surface area contributed by atoms with E-state index in [1.807, 2.05) is 0 Å². The molecule has 0 atom stereocenters. The van der Waals surface area contributed by atoms with Crippen molar-refractivity contribution in [3.05, 3.63) is 34.4 Å². The highest BCUT2D eigenvalue weighted by atomic mass is 32.2. The van der Waals surface area contributed by atoms with E-state index in [-0.39, 0.29) is 10.6 Å². The Kier molecular flexibility index (Phi) is 4.05. The molecule has 16 heavy (non-hydrogen) atoms. The molecule has 0 aliphatic heterocycles. The molecule has 0 unspecified atom stereocenters. The van der Waals surface area contributed by atoms with Gasteiger partial charge < -0.3 is 0 Å². The smallest absolute Gasteiger partial charge is 0.278 e.